The van der Waals surface area contributed by atoms with Crippen LogP contribution in [0.3, 0.4) is 0 Å². The SMILES string of the molecule is Cc1noc(CN2CCN(CCCOc3ccc(C#N)cc3)CC2)n1. The topological polar surface area (TPSA) is 78.4 Å². The molecule has 3 rings (SSSR count). The maximum Gasteiger partial charge on any atom is 0.240 e. The maximum atomic E-state index is 8.78. The Morgan fingerprint density at radius 2 is 1.88 bits per heavy atom. The lowest BCUT2D eigenvalue weighted by Crippen LogP contribution is -2.46. The van der Waals surface area contributed by atoms with Gasteiger partial charge in [0.1, 0.15) is 5.75 Å². The minimum absolute atomic E-state index is 0.654. The van der Waals surface area contributed by atoms with Gasteiger partial charge in [-0.05, 0) is 37.6 Å². The van der Waals surface area contributed by atoms with E-state index in [1.807, 2.05) is 19.1 Å². The molecule has 132 valence electrons. The van der Waals surface area contributed by atoms with Crippen LogP contribution in [0.2, 0.25) is 0 Å². The van der Waals surface area contributed by atoms with E-state index in [1.54, 1.807) is 12.1 Å². The summed E-state index contributed by atoms with van der Waals surface area (Å²) in [4.78, 5) is 9.06. The van der Waals surface area contributed by atoms with Gasteiger partial charge in [-0.2, -0.15) is 10.2 Å². The quantitative estimate of drug-likeness (QED) is 0.711. The van der Waals surface area contributed by atoms with Crippen LogP contribution in [-0.2, 0) is 6.54 Å². The van der Waals surface area contributed by atoms with Gasteiger partial charge in [-0.15, -0.1) is 0 Å². The van der Waals surface area contributed by atoms with Gasteiger partial charge in [0.05, 0.1) is 24.8 Å². The van der Waals surface area contributed by atoms with Crippen molar-refractivity contribution in [1.29, 1.82) is 5.26 Å². The molecule has 0 spiro atoms. The Labute approximate surface area is 147 Å². The van der Waals surface area contributed by atoms with E-state index in [-0.39, 0.29) is 0 Å². The molecule has 0 bridgehead atoms. The molecule has 0 radical (unpaired) electrons. The van der Waals surface area contributed by atoms with Crippen LogP contribution >= 0.6 is 0 Å². The Balaban J connectivity index is 1.30. The monoisotopic (exact) mass is 341 g/mol. The summed E-state index contributed by atoms with van der Waals surface area (Å²) in [7, 11) is 0. The summed E-state index contributed by atoms with van der Waals surface area (Å²) >= 11 is 0. The molecule has 1 aliphatic rings. The second-order valence-corrected chi connectivity index (χ2v) is 6.19. The fourth-order valence-corrected chi connectivity index (χ4v) is 2.87. The molecule has 1 fully saturated rings. The number of nitriles is 1. The molecule has 0 saturated carbocycles. The van der Waals surface area contributed by atoms with Gasteiger partial charge in [-0.1, -0.05) is 5.16 Å². The van der Waals surface area contributed by atoms with Gasteiger partial charge in [0, 0.05) is 32.7 Å². The minimum atomic E-state index is 0.654. The van der Waals surface area contributed by atoms with Crippen LogP contribution in [0, 0.1) is 18.3 Å². The van der Waals surface area contributed by atoms with Crippen LogP contribution in [0.4, 0.5) is 0 Å². The van der Waals surface area contributed by atoms with E-state index >= 15 is 0 Å². The van der Waals surface area contributed by atoms with Crippen molar-refractivity contribution >= 4 is 0 Å². The normalized spacial score (nSPS) is 15.8. The van der Waals surface area contributed by atoms with Gasteiger partial charge in [-0.3, -0.25) is 4.90 Å². The van der Waals surface area contributed by atoms with Gasteiger partial charge < -0.3 is 14.2 Å². The van der Waals surface area contributed by atoms with Gasteiger partial charge in [0.2, 0.25) is 5.89 Å². The zero-order valence-corrected chi connectivity index (χ0v) is 14.5. The summed E-state index contributed by atoms with van der Waals surface area (Å²) in [6, 6.07) is 9.35. The standard InChI is InChI=1S/C18H23N5O2/c1-15-20-18(25-21-15)14-23-10-8-22(9-11-23)7-2-12-24-17-5-3-16(13-19)4-6-17/h3-6H,2,7-12,14H2,1H3. The number of ether oxygens (including phenoxy) is 1. The van der Waals surface area contributed by atoms with Crippen molar-refractivity contribution in [3.8, 4) is 11.8 Å². The summed E-state index contributed by atoms with van der Waals surface area (Å²) in [6.07, 6.45) is 0.989. The molecule has 0 aliphatic carbocycles. The predicted molar refractivity (Wildman–Crippen MR) is 92.0 cm³/mol. The number of hydrogen-bond acceptors (Lipinski definition) is 7. The fourth-order valence-electron chi connectivity index (χ4n) is 2.87. The lowest BCUT2D eigenvalue weighted by molar-refractivity contribution is 0.112. The Bertz CT molecular complexity index is 699. The molecule has 25 heavy (non-hydrogen) atoms. The Morgan fingerprint density at radius 3 is 2.52 bits per heavy atom. The highest BCUT2D eigenvalue weighted by Crippen LogP contribution is 2.12. The van der Waals surface area contributed by atoms with E-state index in [0.29, 0.717) is 23.9 Å². The number of nitrogens with zero attached hydrogens (tertiary/aromatic N) is 5. The first kappa shape index (κ1) is 17.4. The van der Waals surface area contributed by atoms with Gasteiger partial charge in [-0.25, -0.2) is 0 Å². The molecular formula is C18H23N5O2. The van der Waals surface area contributed by atoms with Gasteiger partial charge >= 0.3 is 0 Å². The number of aryl methyl sites for hydroxylation is 1. The van der Waals surface area contributed by atoms with Crippen LogP contribution < -0.4 is 4.74 Å². The van der Waals surface area contributed by atoms with Crippen molar-refractivity contribution in [3.05, 3.63) is 41.5 Å². The summed E-state index contributed by atoms with van der Waals surface area (Å²) in [5.74, 6) is 2.20. The molecule has 2 heterocycles. The van der Waals surface area contributed by atoms with Crippen molar-refractivity contribution in [2.45, 2.75) is 19.9 Å². The predicted octanol–water partition coefficient (Wildman–Crippen LogP) is 1.84. The Hall–Kier alpha value is -2.43. The molecule has 0 N–H and O–H groups in total. The average molecular weight is 341 g/mol. The molecule has 1 aliphatic heterocycles. The molecule has 0 amide bonds. The number of aromatic nitrogens is 2. The number of piperazine rings is 1. The van der Waals surface area contributed by atoms with Crippen LogP contribution in [-0.4, -0.2) is 59.3 Å². The molecule has 0 unspecified atom stereocenters. The minimum Gasteiger partial charge on any atom is -0.494 e. The van der Waals surface area contributed by atoms with E-state index in [9.17, 15) is 0 Å². The van der Waals surface area contributed by atoms with Crippen LogP contribution in [0.1, 0.15) is 23.7 Å². The lowest BCUT2D eigenvalue weighted by Gasteiger charge is -2.33. The first-order valence-corrected chi connectivity index (χ1v) is 8.60. The van der Waals surface area contributed by atoms with Crippen molar-refractivity contribution < 1.29 is 9.26 Å². The fraction of sp³-hybridized carbons (Fsp3) is 0.500. The van der Waals surface area contributed by atoms with Crippen LogP contribution in [0.5, 0.6) is 5.75 Å². The van der Waals surface area contributed by atoms with E-state index < -0.39 is 0 Å². The molecule has 7 heteroatoms. The zero-order chi connectivity index (χ0) is 17.5. The highest BCUT2D eigenvalue weighted by atomic mass is 16.5. The van der Waals surface area contributed by atoms with Crippen molar-refractivity contribution in [3.63, 3.8) is 0 Å². The highest BCUT2D eigenvalue weighted by Gasteiger charge is 2.18. The Morgan fingerprint density at radius 1 is 1.16 bits per heavy atom. The first-order chi connectivity index (χ1) is 12.2. The van der Waals surface area contributed by atoms with Crippen LogP contribution in [0.15, 0.2) is 28.8 Å². The number of rotatable bonds is 7. The summed E-state index contributed by atoms with van der Waals surface area (Å²) in [5.41, 5.74) is 0.654. The molecule has 2 aromatic rings. The van der Waals surface area contributed by atoms with E-state index in [1.165, 1.54) is 0 Å². The molecule has 1 aromatic carbocycles. The molecule has 0 atom stereocenters. The van der Waals surface area contributed by atoms with Gasteiger partial charge in [0.25, 0.3) is 0 Å². The third-order valence-electron chi connectivity index (χ3n) is 4.26. The zero-order valence-electron chi connectivity index (χ0n) is 14.5. The van der Waals surface area contributed by atoms with E-state index in [0.717, 1.165) is 51.4 Å². The third kappa shape index (κ3) is 5.28. The van der Waals surface area contributed by atoms with E-state index in [2.05, 4.69) is 26.0 Å². The highest BCUT2D eigenvalue weighted by molar-refractivity contribution is 5.34. The third-order valence-corrected chi connectivity index (χ3v) is 4.26. The molecule has 7 nitrogen and oxygen atoms in total. The summed E-state index contributed by atoms with van der Waals surface area (Å²) in [5, 5.41) is 12.6. The van der Waals surface area contributed by atoms with E-state index in [4.69, 9.17) is 14.5 Å². The molecule has 1 saturated heterocycles. The number of benzene rings is 1. The summed E-state index contributed by atoms with van der Waals surface area (Å²) in [6.45, 7) is 8.41. The summed E-state index contributed by atoms with van der Waals surface area (Å²) < 4.78 is 10.9. The first-order valence-electron chi connectivity index (χ1n) is 8.60. The largest absolute Gasteiger partial charge is 0.494 e. The van der Waals surface area contributed by atoms with Crippen molar-refractivity contribution in [2.75, 3.05) is 39.3 Å². The second kappa shape index (κ2) is 8.60. The number of hydrogen-bond donors (Lipinski definition) is 0. The molecular weight excluding hydrogens is 318 g/mol. The maximum absolute atomic E-state index is 8.78. The second-order valence-electron chi connectivity index (χ2n) is 6.19. The van der Waals surface area contributed by atoms with Crippen molar-refractivity contribution in [2.24, 2.45) is 0 Å². The molecule has 1 aromatic heterocycles. The smallest absolute Gasteiger partial charge is 0.240 e. The van der Waals surface area contributed by atoms with Gasteiger partial charge in [0.15, 0.2) is 5.82 Å². The lowest BCUT2D eigenvalue weighted by atomic mass is 10.2. The Kier molecular flexibility index (Phi) is 5.99. The van der Waals surface area contributed by atoms with Crippen molar-refractivity contribution in [1.82, 2.24) is 19.9 Å². The average Bonchev–Trinajstić information content (AvgIpc) is 3.05. The van der Waals surface area contributed by atoms with Crippen LogP contribution in [0.25, 0.3) is 0 Å².